The Hall–Kier alpha value is -0.120. The summed E-state index contributed by atoms with van der Waals surface area (Å²) in [6.45, 7) is 8.98. The van der Waals surface area contributed by atoms with E-state index in [2.05, 4.69) is 26.1 Å². The van der Waals surface area contributed by atoms with E-state index in [1.807, 2.05) is 6.92 Å². The molecule has 0 bridgehead atoms. The first-order valence-corrected chi connectivity index (χ1v) is 5.34. The van der Waals surface area contributed by atoms with Gasteiger partial charge < -0.3 is 15.2 Å². The van der Waals surface area contributed by atoms with Crippen LogP contribution in [0.25, 0.3) is 0 Å². The largest absolute Gasteiger partial charge is 0.393 e. The normalized spacial score (nSPS) is 16.7. The Kier molecular flexibility index (Phi) is 6.33. The van der Waals surface area contributed by atoms with Gasteiger partial charge in [-0.05, 0) is 47.1 Å². The molecule has 0 amide bonds. The highest BCUT2D eigenvalue weighted by Crippen LogP contribution is 2.15. The van der Waals surface area contributed by atoms with Gasteiger partial charge in [-0.25, -0.2) is 0 Å². The van der Waals surface area contributed by atoms with Crippen molar-refractivity contribution < 1.29 is 9.84 Å². The first kappa shape index (κ1) is 13.9. The van der Waals surface area contributed by atoms with Gasteiger partial charge in [-0.3, -0.25) is 0 Å². The van der Waals surface area contributed by atoms with Crippen LogP contribution < -0.4 is 5.32 Å². The molecule has 0 aliphatic heterocycles. The van der Waals surface area contributed by atoms with Gasteiger partial charge in [-0.15, -0.1) is 0 Å². The standard InChI is InChI=1S/C11H25NO2/c1-9(8-11(3,4)14-5)12-7-6-10(2)13/h9-10,12-13H,6-8H2,1-5H3. The summed E-state index contributed by atoms with van der Waals surface area (Å²) in [6, 6.07) is 0.420. The van der Waals surface area contributed by atoms with Gasteiger partial charge >= 0.3 is 0 Å². The maximum absolute atomic E-state index is 9.08. The quantitative estimate of drug-likeness (QED) is 0.659. The molecule has 2 unspecified atom stereocenters. The van der Waals surface area contributed by atoms with Gasteiger partial charge in [0, 0.05) is 13.2 Å². The molecule has 0 saturated carbocycles. The average Bonchev–Trinajstić information content (AvgIpc) is 2.02. The molecule has 0 rings (SSSR count). The van der Waals surface area contributed by atoms with Crippen LogP contribution in [0.4, 0.5) is 0 Å². The lowest BCUT2D eigenvalue weighted by Gasteiger charge is -2.27. The Morgan fingerprint density at radius 1 is 1.36 bits per heavy atom. The molecule has 3 heteroatoms. The number of aliphatic hydroxyl groups excluding tert-OH is 1. The molecule has 0 aliphatic rings. The lowest BCUT2D eigenvalue weighted by molar-refractivity contribution is 0.00841. The van der Waals surface area contributed by atoms with Crippen molar-refractivity contribution in [3.05, 3.63) is 0 Å². The van der Waals surface area contributed by atoms with Crippen LogP contribution in [0.15, 0.2) is 0 Å². The van der Waals surface area contributed by atoms with E-state index in [9.17, 15) is 0 Å². The van der Waals surface area contributed by atoms with E-state index in [1.165, 1.54) is 0 Å². The maximum Gasteiger partial charge on any atom is 0.0637 e. The molecule has 0 saturated heterocycles. The zero-order chi connectivity index (χ0) is 11.2. The molecule has 14 heavy (non-hydrogen) atoms. The highest BCUT2D eigenvalue weighted by Gasteiger charge is 2.19. The number of hydrogen-bond donors (Lipinski definition) is 2. The molecule has 0 aromatic carbocycles. The fourth-order valence-corrected chi connectivity index (χ4v) is 1.43. The third-order valence-corrected chi connectivity index (χ3v) is 2.41. The summed E-state index contributed by atoms with van der Waals surface area (Å²) in [5.74, 6) is 0. The van der Waals surface area contributed by atoms with Crippen molar-refractivity contribution in [2.75, 3.05) is 13.7 Å². The Balaban J connectivity index is 3.60. The third-order valence-electron chi connectivity index (χ3n) is 2.41. The van der Waals surface area contributed by atoms with Crippen molar-refractivity contribution in [1.29, 1.82) is 0 Å². The Morgan fingerprint density at radius 2 is 1.93 bits per heavy atom. The number of nitrogens with one attached hydrogen (secondary N) is 1. The minimum Gasteiger partial charge on any atom is -0.393 e. The van der Waals surface area contributed by atoms with Crippen LogP contribution >= 0.6 is 0 Å². The molecule has 0 aromatic rings. The van der Waals surface area contributed by atoms with E-state index < -0.39 is 0 Å². The monoisotopic (exact) mass is 203 g/mol. The number of ether oxygens (including phenoxy) is 1. The van der Waals surface area contributed by atoms with Crippen molar-refractivity contribution in [2.45, 2.75) is 58.3 Å². The van der Waals surface area contributed by atoms with Crippen molar-refractivity contribution in [3.63, 3.8) is 0 Å². The SMILES string of the molecule is COC(C)(C)CC(C)NCCC(C)O. The predicted octanol–water partition coefficient (Wildman–Crippen LogP) is 1.55. The summed E-state index contributed by atoms with van der Waals surface area (Å²) in [4.78, 5) is 0. The molecule has 0 fully saturated rings. The van der Waals surface area contributed by atoms with E-state index in [1.54, 1.807) is 7.11 Å². The number of methoxy groups -OCH3 is 1. The molecule has 0 spiro atoms. The van der Waals surface area contributed by atoms with Crippen LogP contribution in [-0.4, -0.2) is 36.5 Å². The van der Waals surface area contributed by atoms with E-state index in [0.29, 0.717) is 6.04 Å². The van der Waals surface area contributed by atoms with Crippen LogP contribution in [0.5, 0.6) is 0 Å². The van der Waals surface area contributed by atoms with Crippen LogP contribution in [0, 0.1) is 0 Å². The average molecular weight is 203 g/mol. The fraction of sp³-hybridized carbons (Fsp3) is 1.00. The van der Waals surface area contributed by atoms with Crippen LogP contribution in [-0.2, 0) is 4.74 Å². The molecule has 0 aromatic heterocycles. The van der Waals surface area contributed by atoms with Gasteiger partial charge in [0.05, 0.1) is 11.7 Å². The van der Waals surface area contributed by atoms with Gasteiger partial charge in [0.25, 0.3) is 0 Å². The zero-order valence-electron chi connectivity index (χ0n) is 10.1. The Bertz CT molecular complexity index is 146. The molecule has 0 heterocycles. The molecule has 2 N–H and O–H groups in total. The Morgan fingerprint density at radius 3 is 2.36 bits per heavy atom. The summed E-state index contributed by atoms with van der Waals surface area (Å²) in [5.41, 5.74) is -0.0722. The van der Waals surface area contributed by atoms with Crippen LogP contribution in [0.1, 0.15) is 40.5 Å². The van der Waals surface area contributed by atoms with E-state index in [4.69, 9.17) is 9.84 Å². The summed E-state index contributed by atoms with van der Waals surface area (Å²) >= 11 is 0. The highest BCUT2D eigenvalue weighted by molar-refractivity contribution is 4.75. The Labute approximate surface area is 87.8 Å². The van der Waals surface area contributed by atoms with Gasteiger partial charge in [-0.2, -0.15) is 0 Å². The van der Waals surface area contributed by atoms with Crippen LogP contribution in [0.2, 0.25) is 0 Å². The van der Waals surface area contributed by atoms with Crippen molar-refractivity contribution in [1.82, 2.24) is 5.32 Å². The molecule has 0 aliphatic carbocycles. The number of aliphatic hydroxyl groups is 1. The summed E-state index contributed by atoms with van der Waals surface area (Å²) in [6.07, 6.45) is 1.56. The van der Waals surface area contributed by atoms with Gasteiger partial charge in [-0.1, -0.05) is 0 Å². The first-order valence-electron chi connectivity index (χ1n) is 5.34. The lowest BCUT2D eigenvalue weighted by atomic mass is 10.00. The summed E-state index contributed by atoms with van der Waals surface area (Å²) in [7, 11) is 1.74. The minimum absolute atomic E-state index is 0.0722. The topological polar surface area (TPSA) is 41.5 Å². The molecule has 2 atom stereocenters. The van der Waals surface area contributed by atoms with Crippen molar-refractivity contribution in [2.24, 2.45) is 0 Å². The second-order valence-corrected chi connectivity index (χ2v) is 4.66. The summed E-state index contributed by atoms with van der Waals surface area (Å²) in [5, 5.41) is 12.4. The highest BCUT2D eigenvalue weighted by atomic mass is 16.5. The minimum atomic E-state index is -0.217. The number of hydrogen-bond acceptors (Lipinski definition) is 3. The van der Waals surface area contributed by atoms with Gasteiger partial charge in [0.2, 0.25) is 0 Å². The predicted molar refractivity (Wildman–Crippen MR) is 59.5 cm³/mol. The molecule has 86 valence electrons. The van der Waals surface area contributed by atoms with E-state index in [0.717, 1.165) is 19.4 Å². The van der Waals surface area contributed by atoms with Crippen LogP contribution in [0.3, 0.4) is 0 Å². The zero-order valence-corrected chi connectivity index (χ0v) is 10.1. The van der Waals surface area contributed by atoms with E-state index >= 15 is 0 Å². The van der Waals surface area contributed by atoms with Crippen molar-refractivity contribution in [3.8, 4) is 0 Å². The lowest BCUT2D eigenvalue weighted by Crippen LogP contribution is -2.36. The van der Waals surface area contributed by atoms with Gasteiger partial charge in [0.15, 0.2) is 0 Å². The first-order chi connectivity index (χ1) is 6.37. The fourth-order valence-electron chi connectivity index (χ4n) is 1.43. The van der Waals surface area contributed by atoms with Crippen molar-refractivity contribution >= 4 is 0 Å². The van der Waals surface area contributed by atoms with Gasteiger partial charge in [0.1, 0.15) is 0 Å². The number of rotatable bonds is 7. The summed E-state index contributed by atoms with van der Waals surface area (Å²) < 4.78 is 5.35. The second-order valence-electron chi connectivity index (χ2n) is 4.66. The molecule has 0 radical (unpaired) electrons. The van der Waals surface area contributed by atoms with E-state index in [-0.39, 0.29) is 11.7 Å². The third kappa shape index (κ3) is 7.30. The molecule has 3 nitrogen and oxygen atoms in total. The molecular weight excluding hydrogens is 178 g/mol. The maximum atomic E-state index is 9.08. The second kappa shape index (κ2) is 6.38. The smallest absolute Gasteiger partial charge is 0.0637 e. The molecular formula is C11H25NO2.